The molecule has 0 aromatic carbocycles. The average Bonchev–Trinajstić information content (AvgIpc) is 3.03. The minimum Gasteiger partial charge on any atom is -0.467 e. The van der Waals surface area contributed by atoms with Gasteiger partial charge in [0.2, 0.25) is 4.96 Å². The molecular formula is C12H12N4OS. The van der Waals surface area contributed by atoms with Gasteiger partial charge in [-0.3, -0.25) is 0 Å². The van der Waals surface area contributed by atoms with Crippen LogP contribution in [0.25, 0.3) is 4.96 Å². The van der Waals surface area contributed by atoms with Crippen LogP contribution in [0, 0.1) is 6.92 Å². The quantitative estimate of drug-likeness (QED) is 0.726. The minimum atomic E-state index is 0.137. The number of aromatic nitrogens is 3. The molecule has 6 heteroatoms. The molecule has 0 aliphatic carbocycles. The van der Waals surface area contributed by atoms with Crippen LogP contribution in [0.5, 0.6) is 0 Å². The van der Waals surface area contributed by atoms with Crippen molar-refractivity contribution in [2.75, 3.05) is 6.54 Å². The molecular weight excluding hydrogens is 248 g/mol. The number of furan rings is 1. The SMILES string of the molecule is Cc1nc2sc3c(n2n1)CCNC3c1ccco1. The molecule has 92 valence electrons. The Kier molecular flexibility index (Phi) is 2.09. The van der Waals surface area contributed by atoms with Gasteiger partial charge >= 0.3 is 0 Å². The molecule has 0 fully saturated rings. The number of thiazole rings is 1. The van der Waals surface area contributed by atoms with Crippen molar-refractivity contribution in [1.29, 1.82) is 0 Å². The summed E-state index contributed by atoms with van der Waals surface area (Å²) in [6, 6.07) is 4.07. The topological polar surface area (TPSA) is 55.4 Å². The number of rotatable bonds is 1. The van der Waals surface area contributed by atoms with E-state index in [4.69, 9.17) is 4.42 Å². The highest BCUT2D eigenvalue weighted by Gasteiger charge is 2.28. The lowest BCUT2D eigenvalue weighted by molar-refractivity contribution is 0.436. The summed E-state index contributed by atoms with van der Waals surface area (Å²) < 4.78 is 7.50. The van der Waals surface area contributed by atoms with Gasteiger partial charge in [0, 0.05) is 13.0 Å². The van der Waals surface area contributed by atoms with Crippen LogP contribution < -0.4 is 5.32 Å². The standard InChI is InChI=1S/C12H12N4OS/c1-7-14-12-16(15-7)8-4-5-13-10(11(8)18-12)9-3-2-6-17-9/h2-3,6,10,13H,4-5H2,1H3. The predicted octanol–water partition coefficient (Wildman–Crippen LogP) is 1.93. The third-order valence-electron chi connectivity index (χ3n) is 3.22. The zero-order valence-electron chi connectivity index (χ0n) is 9.88. The van der Waals surface area contributed by atoms with E-state index in [-0.39, 0.29) is 6.04 Å². The maximum atomic E-state index is 5.52. The van der Waals surface area contributed by atoms with E-state index in [1.165, 1.54) is 10.6 Å². The van der Waals surface area contributed by atoms with Crippen LogP contribution in [0.2, 0.25) is 0 Å². The van der Waals surface area contributed by atoms with E-state index in [0.29, 0.717) is 0 Å². The molecule has 0 amide bonds. The average molecular weight is 260 g/mol. The van der Waals surface area contributed by atoms with E-state index in [1.54, 1.807) is 17.6 Å². The summed E-state index contributed by atoms with van der Waals surface area (Å²) in [5, 5.41) is 7.95. The monoisotopic (exact) mass is 260 g/mol. The third-order valence-corrected chi connectivity index (χ3v) is 4.36. The summed E-state index contributed by atoms with van der Waals surface area (Å²) in [7, 11) is 0. The van der Waals surface area contributed by atoms with Crippen LogP contribution in [-0.4, -0.2) is 21.1 Å². The number of nitrogens with zero attached hydrogens (tertiary/aromatic N) is 3. The van der Waals surface area contributed by atoms with Crippen molar-refractivity contribution in [2.45, 2.75) is 19.4 Å². The van der Waals surface area contributed by atoms with Gasteiger partial charge in [-0.1, -0.05) is 11.3 Å². The first-order chi connectivity index (χ1) is 8.83. The molecule has 4 rings (SSSR count). The number of aryl methyl sites for hydroxylation is 1. The van der Waals surface area contributed by atoms with Gasteiger partial charge in [-0.05, 0) is 19.1 Å². The van der Waals surface area contributed by atoms with Crippen LogP contribution in [0.1, 0.15) is 28.2 Å². The highest BCUT2D eigenvalue weighted by molar-refractivity contribution is 7.17. The first-order valence-electron chi connectivity index (χ1n) is 5.94. The maximum Gasteiger partial charge on any atom is 0.212 e. The Morgan fingerprint density at radius 3 is 3.33 bits per heavy atom. The molecule has 1 unspecified atom stereocenters. The molecule has 0 radical (unpaired) electrons. The number of fused-ring (bicyclic) bond motifs is 3. The van der Waals surface area contributed by atoms with Crippen molar-refractivity contribution in [3.63, 3.8) is 0 Å². The van der Waals surface area contributed by atoms with Crippen molar-refractivity contribution in [1.82, 2.24) is 19.9 Å². The molecule has 5 nitrogen and oxygen atoms in total. The van der Waals surface area contributed by atoms with Gasteiger partial charge in [0.15, 0.2) is 0 Å². The fraction of sp³-hybridized carbons (Fsp3) is 0.333. The first-order valence-corrected chi connectivity index (χ1v) is 6.76. The van der Waals surface area contributed by atoms with Crippen molar-refractivity contribution in [3.05, 3.63) is 40.6 Å². The Bertz CT molecular complexity index is 697. The van der Waals surface area contributed by atoms with Crippen LogP contribution in [0.3, 0.4) is 0 Å². The van der Waals surface area contributed by atoms with E-state index >= 15 is 0 Å². The highest BCUT2D eigenvalue weighted by Crippen LogP contribution is 2.34. The van der Waals surface area contributed by atoms with E-state index in [1.807, 2.05) is 23.6 Å². The van der Waals surface area contributed by atoms with Crippen molar-refractivity contribution >= 4 is 16.3 Å². The van der Waals surface area contributed by atoms with E-state index in [9.17, 15) is 0 Å². The van der Waals surface area contributed by atoms with Gasteiger partial charge in [-0.2, -0.15) is 5.10 Å². The van der Waals surface area contributed by atoms with E-state index in [0.717, 1.165) is 29.5 Å². The lowest BCUT2D eigenvalue weighted by Gasteiger charge is -2.21. The fourth-order valence-corrected chi connectivity index (χ4v) is 3.70. The van der Waals surface area contributed by atoms with Crippen molar-refractivity contribution < 1.29 is 4.42 Å². The second-order valence-corrected chi connectivity index (χ2v) is 5.43. The zero-order chi connectivity index (χ0) is 12.1. The van der Waals surface area contributed by atoms with Crippen molar-refractivity contribution in [3.8, 4) is 0 Å². The summed E-state index contributed by atoms with van der Waals surface area (Å²) in [5.74, 6) is 1.79. The van der Waals surface area contributed by atoms with Gasteiger partial charge in [0.05, 0.1) is 16.8 Å². The molecule has 1 N–H and O–H groups in total. The molecule has 3 aromatic rings. The second kappa shape index (κ2) is 3.66. The highest BCUT2D eigenvalue weighted by atomic mass is 32.1. The smallest absolute Gasteiger partial charge is 0.212 e. The van der Waals surface area contributed by atoms with Crippen LogP contribution >= 0.6 is 11.3 Å². The van der Waals surface area contributed by atoms with E-state index in [2.05, 4.69) is 15.4 Å². The van der Waals surface area contributed by atoms with Gasteiger partial charge in [0.25, 0.3) is 0 Å². The molecule has 0 saturated heterocycles. The molecule has 1 aliphatic heterocycles. The molecule has 1 aliphatic rings. The summed E-state index contributed by atoms with van der Waals surface area (Å²) in [5.41, 5.74) is 1.26. The summed E-state index contributed by atoms with van der Waals surface area (Å²) >= 11 is 1.69. The van der Waals surface area contributed by atoms with Crippen LogP contribution in [0.15, 0.2) is 22.8 Å². The molecule has 0 bridgehead atoms. The first kappa shape index (κ1) is 10.3. The molecule has 3 aromatic heterocycles. The lowest BCUT2D eigenvalue weighted by atomic mass is 10.1. The number of hydrogen-bond acceptors (Lipinski definition) is 5. The Morgan fingerprint density at radius 2 is 2.50 bits per heavy atom. The molecule has 1 atom stereocenters. The van der Waals surface area contributed by atoms with Gasteiger partial charge < -0.3 is 9.73 Å². The fourth-order valence-electron chi connectivity index (χ4n) is 2.47. The lowest BCUT2D eigenvalue weighted by Crippen LogP contribution is -2.30. The third kappa shape index (κ3) is 1.36. The summed E-state index contributed by atoms with van der Waals surface area (Å²) in [4.78, 5) is 6.69. The Hall–Kier alpha value is -1.66. The van der Waals surface area contributed by atoms with Crippen LogP contribution in [0.4, 0.5) is 0 Å². The minimum absolute atomic E-state index is 0.137. The van der Waals surface area contributed by atoms with E-state index < -0.39 is 0 Å². The number of nitrogens with one attached hydrogen (secondary N) is 1. The largest absolute Gasteiger partial charge is 0.467 e. The Morgan fingerprint density at radius 1 is 1.56 bits per heavy atom. The predicted molar refractivity (Wildman–Crippen MR) is 67.9 cm³/mol. The normalized spacial score (nSPS) is 19.3. The number of hydrogen-bond donors (Lipinski definition) is 1. The Labute approximate surface area is 107 Å². The van der Waals surface area contributed by atoms with Gasteiger partial charge in [-0.15, -0.1) is 0 Å². The second-order valence-electron chi connectivity index (χ2n) is 4.42. The summed E-state index contributed by atoms with van der Waals surface area (Å²) in [6.07, 6.45) is 2.70. The van der Waals surface area contributed by atoms with Crippen molar-refractivity contribution in [2.24, 2.45) is 0 Å². The maximum absolute atomic E-state index is 5.52. The molecule has 18 heavy (non-hydrogen) atoms. The van der Waals surface area contributed by atoms with Gasteiger partial charge in [-0.25, -0.2) is 9.50 Å². The summed E-state index contributed by atoms with van der Waals surface area (Å²) in [6.45, 7) is 2.86. The molecule has 0 spiro atoms. The van der Waals surface area contributed by atoms with Crippen LogP contribution in [-0.2, 0) is 6.42 Å². The molecule has 4 heterocycles. The van der Waals surface area contributed by atoms with Gasteiger partial charge in [0.1, 0.15) is 17.6 Å². The Balaban J connectivity index is 1.91. The zero-order valence-corrected chi connectivity index (χ0v) is 10.7. The molecule has 0 saturated carbocycles.